The number of thioether (sulfide) groups is 1. The van der Waals surface area contributed by atoms with Crippen LogP contribution in [0.1, 0.15) is 33.1 Å². The van der Waals surface area contributed by atoms with E-state index in [2.05, 4.69) is 17.1 Å². The van der Waals surface area contributed by atoms with Crippen molar-refractivity contribution in [1.82, 2.24) is 19.2 Å². The fourth-order valence-corrected chi connectivity index (χ4v) is 3.83. The van der Waals surface area contributed by atoms with Gasteiger partial charge in [0.05, 0.1) is 10.9 Å². The molecule has 0 atom stereocenters. The molecule has 0 unspecified atom stereocenters. The van der Waals surface area contributed by atoms with Gasteiger partial charge in [-0.25, -0.2) is 0 Å². The summed E-state index contributed by atoms with van der Waals surface area (Å²) in [6.45, 7) is 6.04. The molecule has 3 rings (SSSR count). The van der Waals surface area contributed by atoms with Crippen LogP contribution >= 0.6 is 11.8 Å². The lowest BCUT2D eigenvalue weighted by Gasteiger charge is -2.11. The van der Waals surface area contributed by atoms with Crippen LogP contribution in [-0.4, -0.2) is 38.1 Å². The van der Waals surface area contributed by atoms with Gasteiger partial charge in [0.2, 0.25) is 5.78 Å². The van der Waals surface area contributed by atoms with Crippen molar-refractivity contribution in [3.63, 3.8) is 0 Å². The van der Waals surface area contributed by atoms with Crippen LogP contribution in [0.15, 0.2) is 34.2 Å². The maximum absolute atomic E-state index is 12.9. The quantitative estimate of drug-likeness (QED) is 0.432. The first-order valence-electron chi connectivity index (χ1n) is 8.85. The number of nitrogens with zero attached hydrogens (tertiary/aromatic N) is 4. The van der Waals surface area contributed by atoms with Gasteiger partial charge >= 0.3 is 0 Å². The summed E-state index contributed by atoms with van der Waals surface area (Å²) in [5.74, 6) is 1.61. The summed E-state index contributed by atoms with van der Waals surface area (Å²) >= 11 is 1.69. The van der Waals surface area contributed by atoms with E-state index in [1.807, 2.05) is 35.6 Å². The number of aromatic nitrogens is 4. The lowest BCUT2D eigenvalue weighted by molar-refractivity contribution is 0.141. The van der Waals surface area contributed by atoms with Crippen LogP contribution in [0.2, 0.25) is 0 Å². The predicted molar refractivity (Wildman–Crippen MR) is 101 cm³/mol. The Balaban J connectivity index is 2.07. The highest BCUT2D eigenvalue weighted by Crippen LogP contribution is 2.22. The van der Waals surface area contributed by atoms with Gasteiger partial charge in [-0.1, -0.05) is 37.2 Å². The Morgan fingerprint density at radius 2 is 2.00 bits per heavy atom. The number of aryl methyl sites for hydroxylation is 1. The molecule has 2 heterocycles. The van der Waals surface area contributed by atoms with Crippen molar-refractivity contribution in [2.75, 3.05) is 19.0 Å². The number of hydrogen-bond donors (Lipinski definition) is 0. The topological polar surface area (TPSA) is 61.4 Å². The molecule has 25 heavy (non-hydrogen) atoms. The largest absolute Gasteiger partial charge is 0.382 e. The Labute approximate surface area is 151 Å². The Morgan fingerprint density at radius 3 is 2.80 bits per heavy atom. The van der Waals surface area contributed by atoms with Gasteiger partial charge in [0.15, 0.2) is 5.16 Å². The van der Waals surface area contributed by atoms with Crippen molar-refractivity contribution >= 4 is 28.4 Å². The van der Waals surface area contributed by atoms with Crippen molar-refractivity contribution < 1.29 is 4.74 Å². The van der Waals surface area contributed by atoms with Crippen molar-refractivity contribution in [2.45, 2.75) is 44.8 Å². The molecular weight excluding hydrogens is 336 g/mol. The van der Waals surface area contributed by atoms with Crippen molar-refractivity contribution in [1.29, 1.82) is 0 Å². The monoisotopic (exact) mass is 360 g/mol. The van der Waals surface area contributed by atoms with E-state index in [-0.39, 0.29) is 5.56 Å². The van der Waals surface area contributed by atoms with Gasteiger partial charge in [-0.3, -0.25) is 13.8 Å². The lowest BCUT2D eigenvalue weighted by Crippen LogP contribution is -2.24. The minimum atomic E-state index is -0.0166. The lowest BCUT2D eigenvalue weighted by atomic mass is 10.2. The minimum Gasteiger partial charge on any atom is -0.382 e. The fraction of sp³-hybridized carbons (Fsp3) is 0.500. The molecule has 0 radical (unpaired) electrons. The summed E-state index contributed by atoms with van der Waals surface area (Å²) in [6.07, 6.45) is 3.05. The second-order valence-electron chi connectivity index (χ2n) is 5.84. The van der Waals surface area contributed by atoms with Crippen molar-refractivity contribution in [3.05, 3.63) is 34.6 Å². The van der Waals surface area contributed by atoms with Crippen LogP contribution in [0.25, 0.3) is 16.7 Å². The highest BCUT2D eigenvalue weighted by atomic mass is 32.2. The Morgan fingerprint density at radius 1 is 1.16 bits per heavy atom. The third kappa shape index (κ3) is 3.72. The number of para-hydroxylation sites is 1. The maximum Gasteiger partial charge on any atom is 0.262 e. The van der Waals surface area contributed by atoms with Crippen LogP contribution in [0.4, 0.5) is 0 Å². The molecule has 0 saturated carbocycles. The molecule has 0 aliphatic carbocycles. The molecule has 0 aliphatic rings. The summed E-state index contributed by atoms with van der Waals surface area (Å²) in [6, 6.07) is 7.67. The molecule has 134 valence electrons. The standard InChI is InChI=1S/C18H24N4O2S/c1-3-5-13-25-18-20-19-17-21(11-8-12-24-4-2)16(23)14-9-6-7-10-15(14)22(17)18/h6-7,9-10H,3-5,8,11-13H2,1-2H3. The molecule has 0 aliphatic heterocycles. The SMILES string of the molecule is CCCCSc1nnc2n(CCCOCC)c(=O)c3ccccc3n12. The van der Waals surface area contributed by atoms with Gasteiger partial charge in [-0.05, 0) is 31.9 Å². The predicted octanol–water partition coefficient (Wildman–Crippen LogP) is 3.36. The summed E-state index contributed by atoms with van der Waals surface area (Å²) in [7, 11) is 0. The van der Waals surface area contributed by atoms with Crippen LogP contribution < -0.4 is 5.56 Å². The second kappa shape index (κ2) is 8.49. The van der Waals surface area contributed by atoms with Gasteiger partial charge in [-0.15, -0.1) is 10.2 Å². The molecule has 7 heteroatoms. The van der Waals surface area contributed by atoms with E-state index in [1.54, 1.807) is 16.3 Å². The molecule has 0 spiro atoms. The van der Waals surface area contributed by atoms with Crippen molar-refractivity contribution in [3.8, 4) is 0 Å². The minimum absolute atomic E-state index is 0.0166. The summed E-state index contributed by atoms with van der Waals surface area (Å²) in [4.78, 5) is 12.9. The Bertz CT molecular complexity index is 903. The van der Waals surface area contributed by atoms with E-state index in [0.29, 0.717) is 30.9 Å². The van der Waals surface area contributed by atoms with E-state index in [1.165, 1.54) is 0 Å². The van der Waals surface area contributed by atoms with E-state index in [0.717, 1.165) is 35.7 Å². The highest BCUT2D eigenvalue weighted by Gasteiger charge is 2.16. The molecule has 0 saturated heterocycles. The van der Waals surface area contributed by atoms with E-state index < -0.39 is 0 Å². The number of ether oxygens (including phenoxy) is 1. The number of benzene rings is 1. The average molecular weight is 360 g/mol. The number of fused-ring (bicyclic) bond motifs is 3. The fourth-order valence-electron chi connectivity index (χ4n) is 2.81. The summed E-state index contributed by atoms with van der Waals surface area (Å²) in [5, 5.41) is 10.2. The first-order valence-corrected chi connectivity index (χ1v) is 9.83. The molecule has 0 bridgehead atoms. The van der Waals surface area contributed by atoms with E-state index >= 15 is 0 Å². The molecule has 0 fully saturated rings. The molecular formula is C18H24N4O2S. The highest BCUT2D eigenvalue weighted by molar-refractivity contribution is 7.99. The third-order valence-electron chi connectivity index (χ3n) is 4.08. The molecule has 1 aromatic carbocycles. The zero-order valence-corrected chi connectivity index (χ0v) is 15.6. The van der Waals surface area contributed by atoms with Crippen molar-refractivity contribution in [2.24, 2.45) is 0 Å². The third-order valence-corrected chi connectivity index (χ3v) is 5.10. The normalized spacial score (nSPS) is 11.6. The van der Waals surface area contributed by atoms with Gasteiger partial charge in [0.25, 0.3) is 5.56 Å². The molecule has 3 aromatic rings. The zero-order chi connectivity index (χ0) is 17.6. The van der Waals surface area contributed by atoms with Crippen LogP contribution in [0.3, 0.4) is 0 Å². The van der Waals surface area contributed by atoms with E-state index in [4.69, 9.17) is 4.74 Å². The van der Waals surface area contributed by atoms with Gasteiger partial charge in [0.1, 0.15) is 0 Å². The van der Waals surface area contributed by atoms with Crippen LogP contribution in [0, 0.1) is 0 Å². The zero-order valence-electron chi connectivity index (χ0n) is 14.8. The Hall–Kier alpha value is -1.86. The number of hydrogen-bond acceptors (Lipinski definition) is 5. The molecule has 2 aromatic heterocycles. The smallest absolute Gasteiger partial charge is 0.262 e. The van der Waals surface area contributed by atoms with Crippen LogP contribution in [-0.2, 0) is 11.3 Å². The summed E-state index contributed by atoms with van der Waals surface area (Å²) < 4.78 is 9.14. The molecule has 0 N–H and O–H groups in total. The van der Waals surface area contributed by atoms with E-state index in [9.17, 15) is 4.79 Å². The number of rotatable bonds is 9. The first-order chi connectivity index (χ1) is 12.3. The number of unbranched alkanes of at least 4 members (excludes halogenated alkanes) is 1. The second-order valence-corrected chi connectivity index (χ2v) is 6.91. The van der Waals surface area contributed by atoms with Crippen LogP contribution in [0.5, 0.6) is 0 Å². The summed E-state index contributed by atoms with van der Waals surface area (Å²) in [5.41, 5.74) is 0.852. The molecule has 6 nitrogen and oxygen atoms in total. The average Bonchev–Trinajstić information content (AvgIpc) is 3.05. The maximum atomic E-state index is 12.9. The first kappa shape index (κ1) is 17.9. The van der Waals surface area contributed by atoms with Gasteiger partial charge in [-0.2, -0.15) is 0 Å². The Kier molecular flexibility index (Phi) is 6.09. The molecule has 0 amide bonds. The van der Waals surface area contributed by atoms with Gasteiger partial charge in [0, 0.05) is 25.5 Å². The van der Waals surface area contributed by atoms with Gasteiger partial charge < -0.3 is 4.74 Å².